The van der Waals surface area contributed by atoms with Gasteiger partial charge < -0.3 is 23.8 Å². The van der Waals surface area contributed by atoms with Crippen molar-refractivity contribution < 1.29 is 38.2 Å². The molecule has 2 unspecified atom stereocenters. The molecule has 8 nitrogen and oxygen atoms in total. The molecule has 0 rings (SSSR count). The lowest BCUT2D eigenvalue weighted by molar-refractivity contribution is -0.887. The average Bonchev–Trinajstić information content (AvgIpc) is 3.28. The molecule has 0 aliphatic carbocycles. The molecule has 380 valence electrons. The van der Waals surface area contributed by atoms with Gasteiger partial charge in [0, 0.05) is 19.3 Å². The largest absolute Gasteiger partial charge is 0.477 e. The minimum Gasteiger partial charge on any atom is -0.477 e. The summed E-state index contributed by atoms with van der Waals surface area (Å²) in [6.45, 7) is 4.61. The van der Waals surface area contributed by atoms with Gasteiger partial charge in [-0.2, -0.15) is 0 Å². The van der Waals surface area contributed by atoms with E-state index in [9.17, 15) is 19.5 Å². The van der Waals surface area contributed by atoms with E-state index in [2.05, 4.69) is 86.8 Å². The first-order valence-corrected chi connectivity index (χ1v) is 27.0. The van der Waals surface area contributed by atoms with E-state index in [4.69, 9.17) is 14.2 Å². The molecule has 0 aliphatic heterocycles. The third kappa shape index (κ3) is 45.9. The number of hydrogen-bond donors (Lipinski definition) is 1. The number of ether oxygens (including phenoxy) is 3. The van der Waals surface area contributed by atoms with E-state index in [1.807, 2.05) is 21.1 Å². The highest BCUT2D eigenvalue weighted by Gasteiger charge is 2.31. The Hall–Kier alpha value is -3.23. The Balaban J connectivity index is 4.27. The maximum Gasteiger partial charge on any atom is 0.362 e. The quantitative estimate of drug-likeness (QED) is 0.0281. The first-order valence-electron chi connectivity index (χ1n) is 27.0. The van der Waals surface area contributed by atoms with Gasteiger partial charge in [0.05, 0.1) is 34.4 Å². The SMILES string of the molecule is CC/C=C/C/C=C/C/C=C/C/C=C/C/C=C/CCCCCCC(=O)OCC(COCCC(C(=O)O)[N+](C)(C)C)OC(=O)CCCCCCCCC/C=C/CCCCCCCCCCCCC. The van der Waals surface area contributed by atoms with Crippen LogP contribution in [-0.2, 0) is 28.6 Å². The van der Waals surface area contributed by atoms with Crippen molar-refractivity contribution in [1.29, 1.82) is 0 Å². The van der Waals surface area contributed by atoms with Crippen molar-refractivity contribution in [3.8, 4) is 0 Å². The number of hydrogen-bond acceptors (Lipinski definition) is 6. The van der Waals surface area contributed by atoms with E-state index in [0.717, 1.165) is 83.5 Å². The lowest BCUT2D eigenvalue weighted by atomic mass is 10.0. The molecule has 0 radical (unpaired) electrons. The fraction of sp³-hybridized carbons (Fsp3) is 0.741. The van der Waals surface area contributed by atoms with Crippen LogP contribution in [0.2, 0.25) is 0 Å². The number of esters is 2. The molecular weight excluding hydrogens is 823 g/mol. The second-order valence-electron chi connectivity index (χ2n) is 19.1. The van der Waals surface area contributed by atoms with Crippen molar-refractivity contribution in [2.24, 2.45) is 0 Å². The minimum atomic E-state index is -0.880. The molecule has 0 saturated carbocycles. The Kier molecular flexibility index (Phi) is 45.9. The monoisotopic (exact) mass is 925 g/mol. The number of nitrogens with zero attached hydrogens (tertiary/aromatic N) is 1. The minimum absolute atomic E-state index is 0.0485. The predicted octanol–water partition coefficient (Wildman–Crippen LogP) is 15.9. The summed E-state index contributed by atoms with van der Waals surface area (Å²) in [5, 5.41) is 9.66. The molecule has 1 N–H and O–H groups in total. The highest BCUT2D eigenvalue weighted by molar-refractivity contribution is 5.72. The van der Waals surface area contributed by atoms with Crippen LogP contribution in [0.3, 0.4) is 0 Å². The van der Waals surface area contributed by atoms with E-state index in [-0.39, 0.29) is 36.2 Å². The van der Waals surface area contributed by atoms with Crippen molar-refractivity contribution in [1.82, 2.24) is 0 Å². The normalized spacial score (nSPS) is 13.4. The van der Waals surface area contributed by atoms with Gasteiger partial charge in [-0.1, -0.05) is 196 Å². The van der Waals surface area contributed by atoms with Crippen LogP contribution in [-0.4, -0.2) is 80.6 Å². The van der Waals surface area contributed by atoms with Crippen LogP contribution in [0.5, 0.6) is 0 Å². The van der Waals surface area contributed by atoms with Crippen molar-refractivity contribution in [3.63, 3.8) is 0 Å². The van der Waals surface area contributed by atoms with Crippen LogP contribution in [0.15, 0.2) is 72.9 Å². The number of quaternary nitrogens is 1. The van der Waals surface area contributed by atoms with Crippen molar-refractivity contribution in [2.75, 3.05) is 41.0 Å². The highest BCUT2D eigenvalue weighted by Crippen LogP contribution is 2.15. The van der Waals surface area contributed by atoms with Gasteiger partial charge in [0.25, 0.3) is 0 Å². The summed E-state index contributed by atoms with van der Waals surface area (Å²) in [7, 11) is 5.53. The third-order valence-electron chi connectivity index (χ3n) is 11.8. The number of aliphatic carboxylic acids is 1. The lowest BCUT2D eigenvalue weighted by Crippen LogP contribution is -2.50. The number of rotatable bonds is 48. The summed E-state index contributed by atoms with van der Waals surface area (Å²) in [5.41, 5.74) is 0. The van der Waals surface area contributed by atoms with E-state index in [1.54, 1.807) is 0 Å². The second kappa shape index (κ2) is 48.2. The number of carboxylic acid groups (broad SMARTS) is 1. The zero-order valence-electron chi connectivity index (χ0n) is 43.4. The molecule has 0 saturated heterocycles. The van der Waals surface area contributed by atoms with E-state index >= 15 is 0 Å². The summed E-state index contributed by atoms with van der Waals surface area (Å²) < 4.78 is 17.4. The zero-order valence-corrected chi connectivity index (χ0v) is 43.4. The Labute approximate surface area is 406 Å². The molecule has 0 aromatic heterocycles. The summed E-state index contributed by atoms with van der Waals surface area (Å²) in [6, 6.07) is -0.623. The third-order valence-corrected chi connectivity index (χ3v) is 11.8. The van der Waals surface area contributed by atoms with Gasteiger partial charge in [0.1, 0.15) is 6.61 Å². The average molecular weight is 925 g/mol. The summed E-state index contributed by atoms with van der Waals surface area (Å²) in [6.07, 6.45) is 62.4. The van der Waals surface area contributed by atoms with Gasteiger partial charge in [0.15, 0.2) is 12.1 Å². The van der Waals surface area contributed by atoms with Crippen LogP contribution < -0.4 is 0 Å². The molecule has 2 atom stereocenters. The van der Waals surface area contributed by atoms with Crippen molar-refractivity contribution in [2.45, 2.75) is 238 Å². The maximum atomic E-state index is 12.8. The van der Waals surface area contributed by atoms with Gasteiger partial charge in [0.2, 0.25) is 0 Å². The Morgan fingerprint density at radius 1 is 0.470 bits per heavy atom. The Bertz CT molecular complexity index is 1310. The summed E-state index contributed by atoms with van der Waals surface area (Å²) >= 11 is 0. The number of carbonyl (C=O) groups excluding carboxylic acids is 2. The van der Waals surface area contributed by atoms with Crippen LogP contribution >= 0.6 is 0 Å². The van der Waals surface area contributed by atoms with Crippen LogP contribution in [0.1, 0.15) is 226 Å². The summed E-state index contributed by atoms with van der Waals surface area (Å²) in [5.74, 6) is -1.50. The topological polar surface area (TPSA) is 99.1 Å². The maximum absolute atomic E-state index is 12.8. The number of carboxylic acids is 1. The van der Waals surface area contributed by atoms with Crippen LogP contribution in [0.25, 0.3) is 0 Å². The molecule has 8 heteroatoms. The number of likely N-dealkylation sites (N-methyl/N-ethyl adjacent to an activating group) is 1. The molecule has 66 heavy (non-hydrogen) atoms. The second-order valence-corrected chi connectivity index (χ2v) is 19.1. The molecule has 0 heterocycles. The van der Waals surface area contributed by atoms with Crippen molar-refractivity contribution in [3.05, 3.63) is 72.9 Å². The molecule has 0 amide bonds. The molecular formula is C58H102NO7+. The van der Waals surface area contributed by atoms with Gasteiger partial charge in [-0.3, -0.25) is 9.59 Å². The van der Waals surface area contributed by atoms with E-state index in [0.29, 0.717) is 19.3 Å². The first kappa shape index (κ1) is 62.8. The Morgan fingerprint density at radius 3 is 1.27 bits per heavy atom. The smallest absolute Gasteiger partial charge is 0.362 e. The number of carbonyl (C=O) groups is 3. The zero-order chi connectivity index (χ0) is 48.4. The van der Waals surface area contributed by atoms with Gasteiger partial charge in [-0.05, 0) is 83.5 Å². The molecule has 0 aliphatic rings. The lowest BCUT2D eigenvalue weighted by Gasteiger charge is -2.31. The van der Waals surface area contributed by atoms with E-state index < -0.39 is 18.1 Å². The molecule has 0 spiro atoms. The van der Waals surface area contributed by atoms with Gasteiger partial charge in [-0.15, -0.1) is 0 Å². The van der Waals surface area contributed by atoms with Crippen LogP contribution in [0, 0.1) is 0 Å². The first-order chi connectivity index (χ1) is 32.1. The standard InChI is InChI=1S/C58H101NO7/c1-6-8-10-12-14-16-18-20-22-24-26-28-29-31-33-35-37-39-41-43-45-47-49-57(61)66-54(52-64-51-50-55(58(62)63)59(3,4)5)53-65-56(60)48-46-44-42-40-38-36-34-32-30-27-25-23-21-19-17-15-13-11-9-7-2/h9,11,15,17,21,23,27,29-31,34,36,54-55H,6-8,10,12-14,16,18-20,22,24-26,28,32-33,35,37-53H2,1-5H3/p+1/b11-9+,17-15+,23-21+,30-27+,31-29+,36-34+. The fourth-order valence-corrected chi connectivity index (χ4v) is 7.70. The Morgan fingerprint density at radius 2 is 0.848 bits per heavy atom. The van der Waals surface area contributed by atoms with Gasteiger partial charge >= 0.3 is 17.9 Å². The predicted molar refractivity (Wildman–Crippen MR) is 280 cm³/mol. The van der Waals surface area contributed by atoms with Gasteiger partial charge in [-0.25, -0.2) is 4.79 Å². The highest BCUT2D eigenvalue weighted by atomic mass is 16.6. The number of unbranched alkanes of at least 4 members (excludes halogenated alkanes) is 22. The molecule has 0 bridgehead atoms. The summed E-state index contributed by atoms with van der Waals surface area (Å²) in [4.78, 5) is 37.2. The van der Waals surface area contributed by atoms with Crippen molar-refractivity contribution >= 4 is 17.9 Å². The fourth-order valence-electron chi connectivity index (χ4n) is 7.70. The molecule has 0 aromatic carbocycles. The number of allylic oxidation sites excluding steroid dienone is 12. The molecule has 0 aromatic rings. The molecule has 0 fully saturated rings. The van der Waals surface area contributed by atoms with E-state index in [1.165, 1.54) is 109 Å². The van der Waals surface area contributed by atoms with Crippen LogP contribution in [0.4, 0.5) is 0 Å².